The van der Waals surface area contributed by atoms with Crippen LogP contribution >= 0.6 is 11.3 Å². The normalized spacial score (nSPS) is 10.5. The van der Waals surface area contributed by atoms with Gasteiger partial charge in [0, 0.05) is 11.8 Å². The van der Waals surface area contributed by atoms with E-state index in [1.54, 1.807) is 23.5 Å². The summed E-state index contributed by atoms with van der Waals surface area (Å²) in [6.45, 7) is 0. The molecule has 88 valence electrons. The summed E-state index contributed by atoms with van der Waals surface area (Å²) >= 11 is 1.67. The van der Waals surface area contributed by atoms with Gasteiger partial charge < -0.3 is 0 Å². The molecule has 0 saturated heterocycles. The van der Waals surface area contributed by atoms with Crippen molar-refractivity contribution in [2.45, 2.75) is 0 Å². The van der Waals surface area contributed by atoms with Crippen LogP contribution < -0.4 is 0 Å². The van der Waals surface area contributed by atoms with E-state index in [9.17, 15) is 4.39 Å². The minimum atomic E-state index is -0.220. The zero-order valence-electron chi connectivity index (χ0n) is 9.51. The number of nitrogens with zero attached hydrogens (tertiary/aromatic N) is 1. The van der Waals surface area contributed by atoms with Gasteiger partial charge in [0.1, 0.15) is 5.82 Å². The van der Waals surface area contributed by atoms with E-state index in [-0.39, 0.29) is 5.82 Å². The molecule has 3 heteroatoms. The summed E-state index contributed by atoms with van der Waals surface area (Å²) in [6.07, 6.45) is 1.82. The summed E-state index contributed by atoms with van der Waals surface area (Å²) in [5.41, 5.74) is 2.94. The summed E-state index contributed by atoms with van der Waals surface area (Å²) < 4.78 is 12.8. The molecule has 0 aliphatic heterocycles. The van der Waals surface area contributed by atoms with Gasteiger partial charge in [0.2, 0.25) is 0 Å². The van der Waals surface area contributed by atoms with Crippen LogP contribution in [0.2, 0.25) is 0 Å². The van der Waals surface area contributed by atoms with Crippen molar-refractivity contribution in [3.8, 4) is 21.7 Å². The predicted octanol–water partition coefficient (Wildman–Crippen LogP) is 4.62. The fraction of sp³-hybridized carbons (Fsp3) is 0. The molecule has 0 aliphatic rings. The monoisotopic (exact) mass is 255 g/mol. The van der Waals surface area contributed by atoms with Gasteiger partial charge in [-0.05, 0) is 35.2 Å². The Kier molecular flexibility index (Phi) is 2.90. The Morgan fingerprint density at radius 1 is 0.889 bits per heavy atom. The molecule has 2 aromatic heterocycles. The molecule has 1 aromatic carbocycles. The molecule has 3 aromatic rings. The standard InChI is InChI=1S/C15H10FNS/c16-13-6-3-11(4-7-13)12-5-8-14(17-10-12)15-2-1-9-18-15/h1-10H. The lowest BCUT2D eigenvalue weighted by molar-refractivity contribution is 0.628. The third kappa shape index (κ3) is 2.17. The highest BCUT2D eigenvalue weighted by atomic mass is 32.1. The molecule has 0 spiro atoms. The highest BCUT2D eigenvalue weighted by Gasteiger charge is 2.02. The molecule has 0 atom stereocenters. The fourth-order valence-corrected chi connectivity index (χ4v) is 2.48. The predicted molar refractivity (Wildman–Crippen MR) is 72.9 cm³/mol. The van der Waals surface area contributed by atoms with Crippen molar-refractivity contribution in [1.29, 1.82) is 0 Å². The van der Waals surface area contributed by atoms with Crippen molar-refractivity contribution in [2.75, 3.05) is 0 Å². The Hall–Kier alpha value is -2.00. The number of benzene rings is 1. The summed E-state index contributed by atoms with van der Waals surface area (Å²) in [7, 11) is 0. The largest absolute Gasteiger partial charge is 0.255 e. The molecule has 0 amide bonds. The van der Waals surface area contributed by atoms with Crippen molar-refractivity contribution in [3.05, 3.63) is 65.9 Å². The second-order valence-corrected chi connectivity index (χ2v) is 4.86. The number of hydrogen-bond acceptors (Lipinski definition) is 2. The first-order valence-electron chi connectivity index (χ1n) is 5.59. The van der Waals surface area contributed by atoms with Crippen LogP contribution in [0.4, 0.5) is 4.39 Å². The van der Waals surface area contributed by atoms with Crippen LogP contribution in [0.3, 0.4) is 0 Å². The van der Waals surface area contributed by atoms with Gasteiger partial charge in [-0.15, -0.1) is 11.3 Å². The second kappa shape index (κ2) is 4.70. The lowest BCUT2D eigenvalue weighted by atomic mass is 10.1. The maximum absolute atomic E-state index is 12.8. The minimum Gasteiger partial charge on any atom is -0.255 e. The van der Waals surface area contributed by atoms with Gasteiger partial charge in [0.25, 0.3) is 0 Å². The molecule has 3 rings (SSSR count). The quantitative estimate of drug-likeness (QED) is 0.651. The molecule has 0 N–H and O–H groups in total. The van der Waals surface area contributed by atoms with Gasteiger partial charge in [0.05, 0.1) is 10.6 Å². The first kappa shape index (κ1) is 11.1. The number of aromatic nitrogens is 1. The number of halogens is 1. The first-order valence-corrected chi connectivity index (χ1v) is 6.47. The molecule has 0 saturated carbocycles. The Morgan fingerprint density at radius 2 is 1.67 bits per heavy atom. The smallest absolute Gasteiger partial charge is 0.123 e. The molecular formula is C15H10FNS. The number of hydrogen-bond donors (Lipinski definition) is 0. The SMILES string of the molecule is Fc1ccc(-c2ccc(-c3cccs3)nc2)cc1. The third-order valence-corrected chi connectivity index (χ3v) is 3.61. The van der Waals surface area contributed by atoms with Gasteiger partial charge >= 0.3 is 0 Å². The molecule has 18 heavy (non-hydrogen) atoms. The summed E-state index contributed by atoms with van der Waals surface area (Å²) in [5.74, 6) is -0.220. The third-order valence-electron chi connectivity index (χ3n) is 2.71. The number of rotatable bonds is 2. The maximum Gasteiger partial charge on any atom is 0.123 e. The van der Waals surface area contributed by atoms with Crippen LogP contribution in [0.5, 0.6) is 0 Å². The van der Waals surface area contributed by atoms with Crippen molar-refractivity contribution < 1.29 is 4.39 Å². The molecule has 2 heterocycles. The Balaban J connectivity index is 1.94. The van der Waals surface area contributed by atoms with E-state index in [0.29, 0.717) is 0 Å². The Bertz CT molecular complexity index is 627. The van der Waals surface area contributed by atoms with Crippen LogP contribution in [-0.2, 0) is 0 Å². The minimum absolute atomic E-state index is 0.220. The second-order valence-electron chi connectivity index (χ2n) is 3.92. The lowest BCUT2D eigenvalue weighted by Crippen LogP contribution is -1.83. The lowest BCUT2D eigenvalue weighted by Gasteiger charge is -2.02. The van der Waals surface area contributed by atoms with E-state index in [0.717, 1.165) is 21.7 Å². The number of thiophene rings is 1. The van der Waals surface area contributed by atoms with E-state index in [2.05, 4.69) is 4.98 Å². The molecule has 1 nitrogen and oxygen atoms in total. The first-order chi connectivity index (χ1) is 8.83. The Labute approximate surface area is 109 Å². The van der Waals surface area contributed by atoms with Gasteiger partial charge in [-0.3, -0.25) is 4.98 Å². The molecule has 0 radical (unpaired) electrons. The van der Waals surface area contributed by atoms with Gasteiger partial charge in [-0.2, -0.15) is 0 Å². The van der Waals surface area contributed by atoms with E-state index in [1.165, 1.54) is 12.1 Å². The molecule has 0 bridgehead atoms. The molecule has 0 unspecified atom stereocenters. The van der Waals surface area contributed by atoms with Crippen molar-refractivity contribution in [1.82, 2.24) is 4.98 Å². The fourth-order valence-electron chi connectivity index (χ4n) is 1.78. The Morgan fingerprint density at radius 3 is 2.28 bits per heavy atom. The van der Waals surface area contributed by atoms with E-state index >= 15 is 0 Å². The van der Waals surface area contributed by atoms with E-state index in [1.807, 2.05) is 35.8 Å². The molecule has 0 fully saturated rings. The van der Waals surface area contributed by atoms with Crippen LogP contribution in [0.1, 0.15) is 0 Å². The summed E-state index contributed by atoms with van der Waals surface area (Å²) in [6, 6.07) is 14.5. The highest BCUT2D eigenvalue weighted by Crippen LogP contribution is 2.25. The summed E-state index contributed by atoms with van der Waals surface area (Å²) in [5, 5.41) is 2.03. The van der Waals surface area contributed by atoms with Gasteiger partial charge in [-0.1, -0.05) is 24.3 Å². The average molecular weight is 255 g/mol. The van der Waals surface area contributed by atoms with Crippen molar-refractivity contribution in [2.24, 2.45) is 0 Å². The van der Waals surface area contributed by atoms with Gasteiger partial charge in [0.15, 0.2) is 0 Å². The van der Waals surface area contributed by atoms with E-state index < -0.39 is 0 Å². The number of pyridine rings is 1. The topological polar surface area (TPSA) is 12.9 Å². The van der Waals surface area contributed by atoms with Crippen LogP contribution in [0.15, 0.2) is 60.1 Å². The average Bonchev–Trinajstić information content (AvgIpc) is 2.94. The van der Waals surface area contributed by atoms with Crippen LogP contribution in [0.25, 0.3) is 21.7 Å². The van der Waals surface area contributed by atoms with Gasteiger partial charge in [-0.25, -0.2) is 4.39 Å². The van der Waals surface area contributed by atoms with E-state index in [4.69, 9.17) is 0 Å². The maximum atomic E-state index is 12.8. The van der Waals surface area contributed by atoms with Crippen LogP contribution in [0, 0.1) is 5.82 Å². The zero-order valence-corrected chi connectivity index (χ0v) is 10.3. The zero-order chi connectivity index (χ0) is 12.4. The van der Waals surface area contributed by atoms with Crippen molar-refractivity contribution >= 4 is 11.3 Å². The molecule has 0 aliphatic carbocycles. The molecular weight excluding hydrogens is 245 g/mol. The summed E-state index contributed by atoms with van der Waals surface area (Å²) in [4.78, 5) is 5.59. The highest BCUT2D eigenvalue weighted by molar-refractivity contribution is 7.13. The van der Waals surface area contributed by atoms with Crippen LogP contribution in [-0.4, -0.2) is 4.98 Å². The van der Waals surface area contributed by atoms with Crippen molar-refractivity contribution in [3.63, 3.8) is 0 Å².